The molecular formula is C16H12OS. The first-order valence-electron chi connectivity index (χ1n) is 5.89. The number of benzene rings is 2. The van der Waals surface area contributed by atoms with Crippen molar-refractivity contribution in [2.24, 2.45) is 0 Å². The number of hydrogen-bond donors (Lipinski definition) is 0. The van der Waals surface area contributed by atoms with Crippen LogP contribution in [-0.4, -0.2) is 9.07 Å². The van der Waals surface area contributed by atoms with Crippen LogP contribution in [0.1, 0.15) is 16.7 Å². The lowest BCUT2D eigenvalue weighted by Crippen LogP contribution is -1.92. The minimum Gasteiger partial charge on any atom is -0.212 e. The molecule has 0 saturated heterocycles. The zero-order valence-electron chi connectivity index (χ0n) is 9.80. The molecule has 0 N–H and O–H groups in total. The van der Waals surface area contributed by atoms with E-state index in [1.807, 2.05) is 42.5 Å². The molecule has 0 fully saturated rings. The van der Waals surface area contributed by atoms with Crippen LogP contribution >= 0.6 is 0 Å². The van der Waals surface area contributed by atoms with Crippen molar-refractivity contribution >= 4 is 21.7 Å². The van der Waals surface area contributed by atoms with E-state index in [-0.39, 0.29) is 0 Å². The van der Waals surface area contributed by atoms with E-state index >= 15 is 0 Å². The summed E-state index contributed by atoms with van der Waals surface area (Å²) < 4.78 is 11.1. The first-order chi connectivity index (χ1) is 8.88. The minimum atomic E-state index is 0.580. The molecule has 0 atom stereocenters. The van der Waals surface area contributed by atoms with Gasteiger partial charge in [0.25, 0.3) is 0 Å². The minimum absolute atomic E-state index is 0.580. The molecule has 2 aromatic rings. The number of fused-ring (bicyclic) bond motifs is 1. The van der Waals surface area contributed by atoms with E-state index in [9.17, 15) is 4.21 Å². The summed E-state index contributed by atoms with van der Waals surface area (Å²) >= 11 is 0.580. The number of allylic oxidation sites excluding steroid dienone is 2. The van der Waals surface area contributed by atoms with Gasteiger partial charge in [-0.05, 0) is 29.2 Å². The Bertz CT molecular complexity index is 665. The van der Waals surface area contributed by atoms with Gasteiger partial charge in [0.15, 0.2) is 0 Å². The zero-order valence-corrected chi connectivity index (χ0v) is 10.6. The molecule has 0 radical (unpaired) electrons. The highest BCUT2D eigenvalue weighted by molar-refractivity contribution is 7.67. The molecule has 18 heavy (non-hydrogen) atoms. The molecule has 0 spiro atoms. The molecule has 2 aromatic carbocycles. The Kier molecular flexibility index (Phi) is 2.95. The standard InChI is InChI=1S/C16H12OS/c17-18-16-11-13(10-12-6-2-1-3-7-12)14-8-4-5-9-15(14)16/h1-9,11H,10H2. The first kappa shape index (κ1) is 11.2. The van der Waals surface area contributed by atoms with Gasteiger partial charge in [-0.15, -0.1) is 0 Å². The van der Waals surface area contributed by atoms with Gasteiger partial charge in [-0.2, -0.15) is 0 Å². The average Bonchev–Trinajstić information content (AvgIpc) is 2.78. The monoisotopic (exact) mass is 252 g/mol. The maximum atomic E-state index is 11.1. The number of rotatable bonds is 2. The van der Waals surface area contributed by atoms with Crippen LogP contribution in [0.15, 0.2) is 60.7 Å². The summed E-state index contributed by atoms with van der Waals surface area (Å²) in [5.41, 5.74) is 4.77. The summed E-state index contributed by atoms with van der Waals surface area (Å²) in [5, 5.41) is 0. The van der Waals surface area contributed by atoms with E-state index in [0.717, 1.165) is 16.8 Å². The summed E-state index contributed by atoms with van der Waals surface area (Å²) in [6.07, 6.45) is 2.90. The molecule has 2 heteroatoms. The van der Waals surface area contributed by atoms with E-state index in [4.69, 9.17) is 0 Å². The van der Waals surface area contributed by atoms with Crippen LogP contribution in [0, 0.1) is 0 Å². The van der Waals surface area contributed by atoms with E-state index in [1.165, 1.54) is 16.7 Å². The topological polar surface area (TPSA) is 17.1 Å². The Labute approximate surface area is 110 Å². The van der Waals surface area contributed by atoms with Gasteiger partial charge in [-0.1, -0.05) is 54.6 Å². The maximum Gasteiger partial charge on any atom is 0.0971 e. The molecule has 1 aliphatic rings. The molecule has 0 heterocycles. The summed E-state index contributed by atoms with van der Waals surface area (Å²) in [5.74, 6) is 0. The summed E-state index contributed by atoms with van der Waals surface area (Å²) in [6, 6.07) is 18.5. The van der Waals surface area contributed by atoms with Gasteiger partial charge >= 0.3 is 0 Å². The van der Waals surface area contributed by atoms with Crippen molar-refractivity contribution in [2.75, 3.05) is 0 Å². The van der Waals surface area contributed by atoms with Crippen molar-refractivity contribution in [3.05, 3.63) is 77.4 Å². The zero-order chi connectivity index (χ0) is 12.4. The SMILES string of the molecule is O=S=C1C=C(Cc2ccccc2)c2ccccc21. The second kappa shape index (κ2) is 4.75. The maximum absolute atomic E-state index is 11.1. The molecule has 1 nitrogen and oxygen atoms in total. The lowest BCUT2D eigenvalue weighted by atomic mass is 9.99. The highest BCUT2D eigenvalue weighted by Gasteiger charge is 2.18. The molecular weight excluding hydrogens is 240 g/mol. The highest BCUT2D eigenvalue weighted by atomic mass is 32.1. The Morgan fingerprint density at radius 2 is 1.50 bits per heavy atom. The Morgan fingerprint density at radius 1 is 0.833 bits per heavy atom. The van der Waals surface area contributed by atoms with Gasteiger partial charge in [0.1, 0.15) is 0 Å². The van der Waals surface area contributed by atoms with E-state index in [0.29, 0.717) is 11.3 Å². The predicted octanol–water partition coefficient (Wildman–Crippen LogP) is 3.06. The van der Waals surface area contributed by atoms with Crippen LogP contribution in [-0.2, 0) is 17.7 Å². The Balaban J connectivity index is 2.02. The van der Waals surface area contributed by atoms with Crippen LogP contribution in [0.5, 0.6) is 0 Å². The Morgan fingerprint density at radius 3 is 2.22 bits per heavy atom. The van der Waals surface area contributed by atoms with Crippen LogP contribution in [0.4, 0.5) is 0 Å². The van der Waals surface area contributed by atoms with Crippen molar-refractivity contribution < 1.29 is 4.21 Å². The molecule has 0 aliphatic heterocycles. The molecule has 0 saturated carbocycles. The van der Waals surface area contributed by atoms with Crippen molar-refractivity contribution in [3.63, 3.8) is 0 Å². The average molecular weight is 252 g/mol. The normalized spacial score (nSPS) is 13.1. The quantitative estimate of drug-likeness (QED) is 0.751. The molecule has 88 valence electrons. The van der Waals surface area contributed by atoms with Crippen molar-refractivity contribution in [1.82, 2.24) is 0 Å². The summed E-state index contributed by atoms with van der Waals surface area (Å²) in [7, 11) is 0. The van der Waals surface area contributed by atoms with Crippen LogP contribution in [0.2, 0.25) is 0 Å². The number of hydrogen-bond acceptors (Lipinski definition) is 1. The first-order valence-corrected chi connectivity index (χ1v) is 6.63. The van der Waals surface area contributed by atoms with Gasteiger partial charge in [0.05, 0.1) is 16.1 Å². The third-order valence-electron chi connectivity index (χ3n) is 3.17. The highest BCUT2D eigenvalue weighted by Crippen LogP contribution is 2.29. The fraction of sp³-hybridized carbons (Fsp3) is 0.0625. The van der Waals surface area contributed by atoms with Gasteiger partial charge in [0.2, 0.25) is 0 Å². The van der Waals surface area contributed by atoms with Gasteiger partial charge in [-0.25, -0.2) is 4.21 Å². The third kappa shape index (κ3) is 1.95. The molecule has 0 unspecified atom stereocenters. The second-order valence-corrected chi connectivity index (χ2v) is 4.93. The Hall–Kier alpha value is -1.93. The lowest BCUT2D eigenvalue weighted by Gasteiger charge is -2.05. The fourth-order valence-electron chi connectivity index (χ4n) is 2.32. The summed E-state index contributed by atoms with van der Waals surface area (Å²) in [4.78, 5) is 0.830. The van der Waals surface area contributed by atoms with E-state index < -0.39 is 0 Å². The lowest BCUT2D eigenvalue weighted by molar-refractivity contribution is 0.701. The smallest absolute Gasteiger partial charge is 0.0971 e. The molecule has 0 bridgehead atoms. The van der Waals surface area contributed by atoms with Crippen LogP contribution < -0.4 is 0 Å². The van der Waals surface area contributed by atoms with Gasteiger partial charge < -0.3 is 0 Å². The molecule has 0 aromatic heterocycles. The molecule has 1 aliphatic carbocycles. The largest absolute Gasteiger partial charge is 0.212 e. The van der Waals surface area contributed by atoms with E-state index in [2.05, 4.69) is 18.2 Å². The predicted molar refractivity (Wildman–Crippen MR) is 76.8 cm³/mol. The fourth-order valence-corrected chi connectivity index (χ4v) is 2.78. The van der Waals surface area contributed by atoms with Crippen LogP contribution in [0.25, 0.3) is 5.57 Å². The van der Waals surface area contributed by atoms with Gasteiger partial charge in [-0.3, -0.25) is 0 Å². The summed E-state index contributed by atoms with van der Waals surface area (Å²) in [6.45, 7) is 0. The van der Waals surface area contributed by atoms with Crippen LogP contribution in [0.3, 0.4) is 0 Å². The van der Waals surface area contributed by atoms with Gasteiger partial charge in [0, 0.05) is 5.56 Å². The van der Waals surface area contributed by atoms with Crippen molar-refractivity contribution in [1.29, 1.82) is 0 Å². The van der Waals surface area contributed by atoms with Crippen molar-refractivity contribution in [2.45, 2.75) is 6.42 Å². The molecule has 3 rings (SSSR count). The molecule has 0 amide bonds. The second-order valence-electron chi connectivity index (χ2n) is 4.33. The third-order valence-corrected chi connectivity index (χ3v) is 3.69. The van der Waals surface area contributed by atoms with Crippen molar-refractivity contribution in [3.8, 4) is 0 Å². The van der Waals surface area contributed by atoms with E-state index in [1.54, 1.807) is 0 Å².